The van der Waals surface area contributed by atoms with E-state index in [1.54, 1.807) is 13.1 Å². The first-order valence-electron chi connectivity index (χ1n) is 10.3. The summed E-state index contributed by atoms with van der Waals surface area (Å²) in [5, 5.41) is 6.66. The molecular formula is C21H37IN4O2S. The molecule has 0 aromatic heterocycles. The van der Waals surface area contributed by atoms with Crippen molar-refractivity contribution < 1.29 is 8.42 Å². The Morgan fingerprint density at radius 2 is 2.00 bits per heavy atom. The zero-order valence-corrected chi connectivity index (χ0v) is 21.3. The van der Waals surface area contributed by atoms with Gasteiger partial charge in [0.1, 0.15) is 0 Å². The number of likely N-dealkylation sites (tertiary alicyclic amines) is 1. The van der Waals surface area contributed by atoms with E-state index in [9.17, 15) is 8.42 Å². The van der Waals surface area contributed by atoms with Gasteiger partial charge in [-0.05, 0) is 69.8 Å². The molecule has 0 aliphatic carbocycles. The summed E-state index contributed by atoms with van der Waals surface area (Å²) in [5.74, 6) is 0.774. The van der Waals surface area contributed by atoms with Crippen molar-refractivity contribution in [1.82, 2.24) is 15.5 Å². The minimum absolute atomic E-state index is 0. The summed E-state index contributed by atoms with van der Waals surface area (Å²) >= 11 is 0. The van der Waals surface area contributed by atoms with Crippen LogP contribution in [0.25, 0.3) is 0 Å². The molecule has 1 aliphatic heterocycles. The van der Waals surface area contributed by atoms with Gasteiger partial charge >= 0.3 is 0 Å². The first-order valence-corrected chi connectivity index (χ1v) is 12.2. The van der Waals surface area contributed by atoms with E-state index in [0.717, 1.165) is 36.1 Å². The fourth-order valence-electron chi connectivity index (χ4n) is 3.78. The van der Waals surface area contributed by atoms with Gasteiger partial charge in [0, 0.05) is 32.4 Å². The molecule has 1 heterocycles. The second-order valence-corrected chi connectivity index (χ2v) is 9.80. The van der Waals surface area contributed by atoms with E-state index in [1.165, 1.54) is 45.0 Å². The Labute approximate surface area is 193 Å². The van der Waals surface area contributed by atoms with E-state index in [1.807, 2.05) is 19.1 Å². The molecule has 6 nitrogen and oxygen atoms in total. The third-order valence-electron chi connectivity index (χ3n) is 5.43. The molecule has 8 heteroatoms. The number of nitrogens with zero attached hydrogens (tertiary/aromatic N) is 2. The van der Waals surface area contributed by atoms with Crippen molar-refractivity contribution in [1.29, 1.82) is 0 Å². The number of hydrogen-bond donors (Lipinski definition) is 2. The maximum atomic E-state index is 11.7. The lowest BCUT2D eigenvalue weighted by atomic mass is 10.0. The summed E-state index contributed by atoms with van der Waals surface area (Å²) in [6, 6.07) is 6.17. The average molecular weight is 537 g/mol. The Hall–Kier alpha value is -0.870. The van der Waals surface area contributed by atoms with Crippen LogP contribution in [0.2, 0.25) is 0 Å². The summed E-state index contributed by atoms with van der Waals surface area (Å²) in [4.78, 5) is 7.27. The minimum atomic E-state index is -3.18. The summed E-state index contributed by atoms with van der Waals surface area (Å²) in [7, 11) is -1.41. The number of halogens is 1. The Balaban J connectivity index is 0.00000420. The third-order valence-corrected chi connectivity index (χ3v) is 6.68. The number of nitrogens with one attached hydrogen (secondary N) is 2. The highest BCUT2D eigenvalue weighted by molar-refractivity contribution is 14.0. The highest BCUT2D eigenvalue weighted by Crippen LogP contribution is 2.17. The zero-order chi connectivity index (χ0) is 20.6. The van der Waals surface area contributed by atoms with Gasteiger partial charge in [-0.3, -0.25) is 4.99 Å². The lowest BCUT2D eigenvalue weighted by molar-refractivity contribution is 0.158. The first kappa shape index (κ1) is 26.2. The lowest BCUT2D eigenvalue weighted by Crippen LogP contribution is -2.39. The summed E-state index contributed by atoms with van der Waals surface area (Å²) in [6.07, 6.45) is 7.60. The number of benzene rings is 1. The first-order chi connectivity index (χ1) is 13.3. The molecule has 1 aliphatic rings. The molecule has 166 valence electrons. The molecule has 0 spiro atoms. The van der Waals surface area contributed by atoms with Crippen molar-refractivity contribution in [3.63, 3.8) is 0 Å². The highest BCUT2D eigenvalue weighted by Gasteiger charge is 2.17. The smallest absolute Gasteiger partial charge is 0.191 e. The summed E-state index contributed by atoms with van der Waals surface area (Å²) in [5.41, 5.74) is 1.81. The van der Waals surface area contributed by atoms with E-state index >= 15 is 0 Å². The molecule has 0 saturated carbocycles. The predicted octanol–water partition coefficient (Wildman–Crippen LogP) is 3.34. The van der Waals surface area contributed by atoms with Crippen LogP contribution in [0.4, 0.5) is 0 Å². The van der Waals surface area contributed by atoms with Gasteiger partial charge in [-0.25, -0.2) is 8.42 Å². The van der Waals surface area contributed by atoms with Crippen molar-refractivity contribution in [3.8, 4) is 0 Å². The largest absolute Gasteiger partial charge is 0.356 e. The van der Waals surface area contributed by atoms with Crippen LogP contribution in [0.1, 0.15) is 50.2 Å². The summed E-state index contributed by atoms with van der Waals surface area (Å²) in [6.45, 7) is 8.10. The molecule has 1 atom stereocenters. The molecule has 0 radical (unpaired) electrons. The Kier molecular flexibility index (Phi) is 11.5. The Bertz CT molecular complexity index is 768. The van der Waals surface area contributed by atoms with Crippen molar-refractivity contribution >= 4 is 39.8 Å². The van der Waals surface area contributed by atoms with Crippen molar-refractivity contribution in [2.24, 2.45) is 4.99 Å². The third kappa shape index (κ3) is 8.80. The van der Waals surface area contributed by atoms with Crippen LogP contribution in [-0.2, 0) is 16.4 Å². The zero-order valence-electron chi connectivity index (χ0n) is 18.2. The van der Waals surface area contributed by atoms with Gasteiger partial charge in [-0.1, -0.05) is 18.6 Å². The number of aryl methyl sites for hydroxylation is 1. The molecule has 1 aromatic rings. The normalized spacial score (nSPS) is 18.2. The monoisotopic (exact) mass is 536 g/mol. The van der Waals surface area contributed by atoms with Gasteiger partial charge in [0.2, 0.25) is 0 Å². The molecule has 0 bridgehead atoms. The molecule has 2 rings (SSSR count). The van der Waals surface area contributed by atoms with Gasteiger partial charge in [0.15, 0.2) is 15.8 Å². The number of rotatable bonds is 8. The van der Waals surface area contributed by atoms with Crippen LogP contribution in [0.5, 0.6) is 0 Å². The number of piperidine rings is 1. The van der Waals surface area contributed by atoms with Gasteiger partial charge in [0.25, 0.3) is 0 Å². The van der Waals surface area contributed by atoms with Crippen LogP contribution in [0, 0.1) is 6.92 Å². The van der Waals surface area contributed by atoms with Crippen LogP contribution in [-0.4, -0.2) is 58.3 Å². The van der Waals surface area contributed by atoms with Gasteiger partial charge in [-0.2, -0.15) is 0 Å². The van der Waals surface area contributed by atoms with E-state index in [-0.39, 0.29) is 24.0 Å². The number of guanidine groups is 1. The Morgan fingerprint density at radius 1 is 1.24 bits per heavy atom. The molecule has 0 amide bonds. The van der Waals surface area contributed by atoms with E-state index in [4.69, 9.17) is 0 Å². The van der Waals surface area contributed by atoms with Crippen molar-refractivity contribution in [2.75, 3.05) is 32.9 Å². The van der Waals surface area contributed by atoms with E-state index in [0.29, 0.717) is 11.4 Å². The molecule has 1 fully saturated rings. The molecule has 2 N–H and O–H groups in total. The number of unbranched alkanes of at least 4 members (excludes halogenated alkanes) is 1. The van der Waals surface area contributed by atoms with Crippen LogP contribution < -0.4 is 10.6 Å². The van der Waals surface area contributed by atoms with Gasteiger partial charge in [0.05, 0.1) is 4.90 Å². The second-order valence-electron chi connectivity index (χ2n) is 7.81. The molecule has 1 unspecified atom stereocenters. The number of aliphatic imine (C=N–C) groups is 1. The van der Waals surface area contributed by atoms with E-state index in [2.05, 4.69) is 27.4 Å². The predicted molar refractivity (Wildman–Crippen MR) is 132 cm³/mol. The number of sulfone groups is 1. The quantitative estimate of drug-likeness (QED) is 0.231. The van der Waals surface area contributed by atoms with Crippen LogP contribution >= 0.6 is 24.0 Å². The standard InChI is InChI=1S/C21H36N4O2S.HI/c1-17-15-19(10-11-20(17)28(4,26)27)16-24-21(22-3)23-12-6-8-14-25-13-7-5-9-18(25)2;/h10-11,15,18H,5-9,12-14,16H2,1-4H3,(H2,22,23,24);1H. The summed E-state index contributed by atoms with van der Waals surface area (Å²) < 4.78 is 23.4. The SMILES string of the molecule is CN=C(NCCCCN1CCCCC1C)NCc1ccc(S(C)(=O)=O)c(C)c1.I. The second kappa shape index (κ2) is 12.7. The van der Waals surface area contributed by atoms with Crippen molar-refractivity contribution in [3.05, 3.63) is 29.3 Å². The fourth-order valence-corrected chi connectivity index (χ4v) is 4.74. The molecule has 29 heavy (non-hydrogen) atoms. The molecule has 1 aromatic carbocycles. The number of hydrogen-bond acceptors (Lipinski definition) is 4. The highest BCUT2D eigenvalue weighted by atomic mass is 127. The van der Waals surface area contributed by atoms with Gasteiger partial charge < -0.3 is 15.5 Å². The average Bonchev–Trinajstić information content (AvgIpc) is 2.64. The van der Waals surface area contributed by atoms with Crippen LogP contribution in [0.3, 0.4) is 0 Å². The molecule has 1 saturated heterocycles. The van der Waals surface area contributed by atoms with Crippen LogP contribution in [0.15, 0.2) is 28.1 Å². The van der Waals surface area contributed by atoms with Gasteiger partial charge in [-0.15, -0.1) is 24.0 Å². The van der Waals surface area contributed by atoms with Crippen molar-refractivity contribution in [2.45, 2.75) is 63.4 Å². The fraction of sp³-hybridized carbons (Fsp3) is 0.667. The maximum absolute atomic E-state index is 11.7. The van der Waals surface area contributed by atoms with E-state index < -0.39 is 9.84 Å². The lowest BCUT2D eigenvalue weighted by Gasteiger charge is -2.33. The molecular weight excluding hydrogens is 499 g/mol. The topological polar surface area (TPSA) is 73.8 Å². The minimum Gasteiger partial charge on any atom is -0.356 e. The maximum Gasteiger partial charge on any atom is 0.191 e. The Morgan fingerprint density at radius 3 is 2.62 bits per heavy atom.